The molecule has 0 unspecified atom stereocenters. The molecule has 1 aromatic carbocycles. The molecule has 0 aliphatic rings. The lowest BCUT2D eigenvalue weighted by Gasteiger charge is -1.99. The van der Waals surface area contributed by atoms with Crippen LogP contribution in [0.15, 0.2) is 34.4 Å². The van der Waals surface area contributed by atoms with Gasteiger partial charge in [0, 0.05) is 7.05 Å². The van der Waals surface area contributed by atoms with Crippen molar-refractivity contribution in [3.05, 3.63) is 30.0 Å². The summed E-state index contributed by atoms with van der Waals surface area (Å²) < 4.78 is 1.78. The van der Waals surface area contributed by atoms with Crippen LogP contribution in [0.2, 0.25) is 0 Å². The first-order chi connectivity index (χ1) is 8.65. The van der Waals surface area contributed by atoms with Gasteiger partial charge < -0.3 is 10.7 Å². The van der Waals surface area contributed by atoms with E-state index in [2.05, 4.69) is 15.1 Å². The molecule has 0 radical (unpaired) electrons. The molecule has 2 aromatic heterocycles. The molecule has 3 aromatic rings. The SMILES string of the molecule is Cc1nn(C)c(Sc2nc3ccccc3[nH]2)c1N. The number of nitrogens with two attached hydrogens (primary N) is 1. The van der Waals surface area contributed by atoms with E-state index >= 15 is 0 Å². The van der Waals surface area contributed by atoms with Crippen LogP contribution in [0.1, 0.15) is 5.69 Å². The molecular weight excluding hydrogens is 246 g/mol. The minimum atomic E-state index is 0.711. The first kappa shape index (κ1) is 11.2. The molecular formula is C12H13N5S. The molecule has 0 saturated carbocycles. The Labute approximate surface area is 108 Å². The van der Waals surface area contributed by atoms with Gasteiger partial charge in [0.15, 0.2) is 5.16 Å². The number of anilines is 1. The number of benzene rings is 1. The molecule has 2 heterocycles. The van der Waals surface area contributed by atoms with Gasteiger partial charge in [0.25, 0.3) is 0 Å². The van der Waals surface area contributed by atoms with E-state index in [9.17, 15) is 0 Å². The molecule has 92 valence electrons. The zero-order valence-corrected chi connectivity index (χ0v) is 11.0. The number of aromatic nitrogens is 4. The van der Waals surface area contributed by atoms with Crippen molar-refractivity contribution >= 4 is 28.5 Å². The Balaban J connectivity index is 2.01. The summed E-state index contributed by atoms with van der Waals surface area (Å²) in [7, 11) is 1.88. The molecule has 0 aliphatic carbocycles. The van der Waals surface area contributed by atoms with Gasteiger partial charge in [0.2, 0.25) is 0 Å². The Kier molecular flexibility index (Phi) is 2.52. The summed E-state index contributed by atoms with van der Waals surface area (Å²) in [5.41, 5.74) is 9.54. The first-order valence-corrected chi connectivity index (χ1v) is 6.38. The summed E-state index contributed by atoms with van der Waals surface area (Å²) in [5, 5.41) is 6.02. The zero-order valence-electron chi connectivity index (χ0n) is 10.1. The summed E-state index contributed by atoms with van der Waals surface area (Å²) in [5.74, 6) is 0. The second kappa shape index (κ2) is 4.06. The van der Waals surface area contributed by atoms with Gasteiger partial charge in [0.1, 0.15) is 5.03 Å². The standard InChI is InChI=1S/C12H13N5S/c1-7-10(13)11(17(2)16-7)18-12-14-8-5-3-4-6-9(8)15-12/h3-6H,13H2,1-2H3,(H,14,15). The average Bonchev–Trinajstić information content (AvgIpc) is 2.86. The molecule has 0 bridgehead atoms. The van der Waals surface area contributed by atoms with Gasteiger partial charge in [-0.3, -0.25) is 4.68 Å². The second-order valence-corrected chi connectivity index (χ2v) is 5.07. The number of nitrogens with zero attached hydrogens (tertiary/aromatic N) is 3. The van der Waals surface area contributed by atoms with Gasteiger partial charge in [-0.05, 0) is 30.8 Å². The minimum absolute atomic E-state index is 0.711. The van der Waals surface area contributed by atoms with E-state index in [4.69, 9.17) is 5.73 Å². The summed E-state index contributed by atoms with van der Waals surface area (Å²) in [6.07, 6.45) is 0. The molecule has 0 aliphatic heterocycles. The maximum atomic E-state index is 6.00. The molecule has 0 saturated heterocycles. The van der Waals surface area contributed by atoms with Crippen LogP contribution in [0, 0.1) is 6.92 Å². The van der Waals surface area contributed by atoms with E-state index in [0.29, 0.717) is 5.69 Å². The van der Waals surface area contributed by atoms with Crippen LogP contribution in [0.4, 0.5) is 5.69 Å². The number of nitrogen functional groups attached to an aromatic ring is 1. The van der Waals surface area contributed by atoms with Crippen LogP contribution in [0.5, 0.6) is 0 Å². The van der Waals surface area contributed by atoms with Crippen molar-refractivity contribution in [2.75, 3.05) is 5.73 Å². The number of hydrogen-bond donors (Lipinski definition) is 2. The number of para-hydroxylation sites is 2. The quantitative estimate of drug-likeness (QED) is 0.741. The fourth-order valence-corrected chi connectivity index (χ4v) is 2.76. The fourth-order valence-electron chi connectivity index (χ4n) is 1.84. The van der Waals surface area contributed by atoms with Crippen LogP contribution in [-0.2, 0) is 7.05 Å². The van der Waals surface area contributed by atoms with Crippen molar-refractivity contribution in [3.63, 3.8) is 0 Å². The maximum absolute atomic E-state index is 6.00. The topological polar surface area (TPSA) is 72.5 Å². The first-order valence-electron chi connectivity index (χ1n) is 5.57. The van der Waals surface area contributed by atoms with Crippen LogP contribution < -0.4 is 5.73 Å². The molecule has 0 spiro atoms. The highest BCUT2D eigenvalue weighted by Crippen LogP contribution is 2.32. The number of hydrogen-bond acceptors (Lipinski definition) is 4. The van der Waals surface area contributed by atoms with Crippen molar-refractivity contribution in [1.82, 2.24) is 19.7 Å². The zero-order chi connectivity index (χ0) is 12.7. The lowest BCUT2D eigenvalue weighted by Crippen LogP contribution is -1.94. The van der Waals surface area contributed by atoms with E-state index in [-0.39, 0.29) is 0 Å². The Morgan fingerprint density at radius 3 is 2.78 bits per heavy atom. The highest BCUT2D eigenvalue weighted by atomic mass is 32.2. The van der Waals surface area contributed by atoms with Gasteiger partial charge in [0.05, 0.1) is 22.4 Å². The number of H-pyrrole nitrogens is 1. The Bertz CT molecular complexity index is 679. The summed E-state index contributed by atoms with van der Waals surface area (Å²) >= 11 is 1.50. The molecule has 0 amide bonds. The third kappa shape index (κ3) is 1.74. The van der Waals surface area contributed by atoms with E-state index in [1.165, 1.54) is 11.8 Å². The number of imidazole rings is 1. The number of nitrogens with one attached hydrogen (secondary N) is 1. The van der Waals surface area contributed by atoms with Gasteiger partial charge in [-0.25, -0.2) is 4.98 Å². The van der Waals surface area contributed by atoms with Crippen molar-refractivity contribution in [2.24, 2.45) is 7.05 Å². The molecule has 5 nitrogen and oxygen atoms in total. The number of rotatable bonds is 2. The Hall–Kier alpha value is -1.95. The maximum Gasteiger partial charge on any atom is 0.172 e. The highest BCUT2D eigenvalue weighted by molar-refractivity contribution is 7.99. The van der Waals surface area contributed by atoms with Gasteiger partial charge >= 0.3 is 0 Å². The number of aromatic amines is 1. The highest BCUT2D eigenvalue weighted by Gasteiger charge is 2.13. The predicted octanol–water partition coefficient (Wildman–Crippen LogP) is 2.34. The van der Waals surface area contributed by atoms with Crippen molar-refractivity contribution in [2.45, 2.75) is 17.1 Å². The third-order valence-corrected chi connectivity index (χ3v) is 3.84. The minimum Gasteiger partial charge on any atom is -0.395 e. The summed E-state index contributed by atoms with van der Waals surface area (Å²) in [6.45, 7) is 1.90. The van der Waals surface area contributed by atoms with Crippen LogP contribution in [-0.4, -0.2) is 19.7 Å². The Morgan fingerprint density at radius 2 is 2.11 bits per heavy atom. The van der Waals surface area contributed by atoms with Crippen molar-refractivity contribution < 1.29 is 0 Å². The molecule has 18 heavy (non-hydrogen) atoms. The lowest BCUT2D eigenvalue weighted by atomic mass is 10.3. The average molecular weight is 259 g/mol. The second-order valence-electron chi connectivity index (χ2n) is 4.09. The number of fused-ring (bicyclic) bond motifs is 1. The van der Waals surface area contributed by atoms with E-state index in [0.717, 1.165) is 26.9 Å². The van der Waals surface area contributed by atoms with Gasteiger partial charge in [-0.1, -0.05) is 12.1 Å². The third-order valence-electron chi connectivity index (χ3n) is 2.78. The normalized spacial score (nSPS) is 11.2. The molecule has 3 N–H and O–H groups in total. The fraction of sp³-hybridized carbons (Fsp3) is 0.167. The summed E-state index contributed by atoms with van der Waals surface area (Å²) in [4.78, 5) is 7.77. The summed E-state index contributed by atoms with van der Waals surface area (Å²) in [6, 6.07) is 7.94. The predicted molar refractivity (Wildman–Crippen MR) is 72.6 cm³/mol. The molecule has 0 atom stereocenters. The molecule has 3 rings (SSSR count). The van der Waals surface area contributed by atoms with Gasteiger partial charge in [-0.2, -0.15) is 5.10 Å². The van der Waals surface area contributed by atoms with Crippen molar-refractivity contribution in [1.29, 1.82) is 0 Å². The lowest BCUT2D eigenvalue weighted by molar-refractivity contribution is 0.692. The van der Waals surface area contributed by atoms with Crippen molar-refractivity contribution in [3.8, 4) is 0 Å². The van der Waals surface area contributed by atoms with E-state index < -0.39 is 0 Å². The smallest absolute Gasteiger partial charge is 0.172 e. The molecule has 6 heteroatoms. The molecule has 0 fully saturated rings. The van der Waals surface area contributed by atoms with E-state index in [1.54, 1.807) is 4.68 Å². The van der Waals surface area contributed by atoms with Crippen LogP contribution in [0.3, 0.4) is 0 Å². The largest absolute Gasteiger partial charge is 0.395 e. The number of aryl methyl sites for hydroxylation is 2. The van der Waals surface area contributed by atoms with Crippen LogP contribution >= 0.6 is 11.8 Å². The monoisotopic (exact) mass is 259 g/mol. The van der Waals surface area contributed by atoms with Gasteiger partial charge in [-0.15, -0.1) is 0 Å². The Morgan fingerprint density at radius 1 is 1.33 bits per heavy atom. The van der Waals surface area contributed by atoms with Crippen LogP contribution in [0.25, 0.3) is 11.0 Å². The van der Waals surface area contributed by atoms with E-state index in [1.807, 2.05) is 38.2 Å².